The van der Waals surface area contributed by atoms with Crippen molar-refractivity contribution in [2.24, 2.45) is 0 Å². The number of anilines is 2. The van der Waals surface area contributed by atoms with Gasteiger partial charge in [0, 0.05) is 11.9 Å². The first kappa shape index (κ1) is 15.3. The Morgan fingerprint density at radius 3 is 2.88 bits per heavy atom. The number of hydrogen-bond donors (Lipinski definition) is 4. The summed E-state index contributed by atoms with van der Waals surface area (Å²) in [6, 6.07) is 8.98. The Balaban J connectivity index is 1.55. The largest absolute Gasteiger partial charge is 0.367 e. The Morgan fingerprint density at radius 2 is 2.21 bits per heavy atom. The number of aromatic amines is 1. The summed E-state index contributed by atoms with van der Waals surface area (Å²) >= 11 is -0.546. The molecule has 1 amide bonds. The third kappa shape index (κ3) is 2.81. The van der Waals surface area contributed by atoms with Gasteiger partial charge in [0.2, 0.25) is 0 Å². The highest BCUT2D eigenvalue weighted by Gasteiger charge is 2.49. The van der Waals surface area contributed by atoms with E-state index >= 15 is 0 Å². The van der Waals surface area contributed by atoms with E-state index in [0.29, 0.717) is 23.7 Å². The maximum Gasteiger partial charge on any atom is 0.273 e. The van der Waals surface area contributed by atoms with Crippen molar-refractivity contribution in [3.8, 4) is 0 Å². The summed E-state index contributed by atoms with van der Waals surface area (Å²) < 4.78 is 21.6. The molecule has 0 spiro atoms. The average molecular weight is 362 g/mol. The Morgan fingerprint density at radius 1 is 1.38 bits per heavy atom. The van der Waals surface area contributed by atoms with Gasteiger partial charge in [-0.3, -0.25) is 10.1 Å². The minimum Gasteiger partial charge on any atom is -0.367 e. The first-order valence-electron chi connectivity index (χ1n) is 7.30. The molecular weight excluding hydrogens is 348 g/mol. The fourth-order valence-corrected chi connectivity index (χ4v) is 3.97. The molecule has 4 rings (SSSR count). The van der Waals surface area contributed by atoms with Gasteiger partial charge in [0.05, 0.1) is 10.2 Å². The monoisotopic (exact) mass is 362 g/mol. The molecule has 2 aromatic heterocycles. The molecule has 124 valence electrons. The third-order valence-corrected chi connectivity index (χ3v) is 5.97. The number of benzene rings is 1. The number of fused-ring (bicyclic) bond motifs is 1. The highest BCUT2D eigenvalue weighted by atomic mass is 32.2. The van der Waals surface area contributed by atoms with E-state index in [1.54, 1.807) is 18.3 Å². The van der Waals surface area contributed by atoms with E-state index < -0.39 is 16.0 Å². The van der Waals surface area contributed by atoms with Crippen LogP contribution >= 0.6 is 11.3 Å². The lowest BCUT2D eigenvalue weighted by molar-refractivity contribution is 0.102. The highest BCUT2D eigenvalue weighted by molar-refractivity contribution is 7.81. The van der Waals surface area contributed by atoms with Crippen LogP contribution in [0.5, 0.6) is 0 Å². The maximum absolute atomic E-state index is 12.0. The molecule has 0 radical (unpaired) electrons. The van der Waals surface area contributed by atoms with Gasteiger partial charge in [-0.15, -0.1) is 0 Å². The van der Waals surface area contributed by atoms with Gasteiger partial charge in [0.1, 0.15) is 10.6 Å². The van der Waals surface area contributed by atoms with Gasteiger partial charge < -0.3 is 14.9 Å². The van der Waals surface area contributed by atoms with Crippen molar-refractivity contribution < 1.29 is 13.6 Å². The number of H-pyrrole nitrogens is 1. The van der Waals surface area contributed by atoms with Crippen LogP contribution in [0.4, 0.5) is 10.8 Å². The molecular formula is C15H14N4O3S2. The Labute approximate surface area is 143 Å². The molecule has 1 aromatic carbocycles. The lowest BCUT2D eigenvalue weighted by atomic mass is 10.3. The molecule has 7 nitrogen and oxygen atoms in total. The number of amides is 1. The van der Waals surface area contributed by atoms with Crippen molar-refractivity contribution in [2.75, 3.05) is 10.6 Å². The zero-order valence-corrected chi connectivity index (χ0v) is 14.0. The van der Waals surface area contributed by atoms with Gasteiger partial charge in [-0.1, -0.05) is 11.3 Å². The summed E-state index contributed by atoms with van der Waals surface area (Å²) in [6.07, 6.45) is 3.03. The Hall–Kier alpha value is -2.23. The average Bonchev–Trinajstić information content (AvgIpc) is 2.99. The summed E-state index contributed by atoms with van der Waals surface area (Å²) in [5.41, 5.74) is 2.01. The third-order valence-electron chi connectivity index (χ3n) is 3.86. The van der Waals surface area contributed by atoms with E-state index in [1.165, 1.54) is 11.3 Å². The predicted molar refractivity (Wildman–Crippen MR) is 94.7 cm³/mol. The highest BCUT2D eigenvalue weighted by Crippen LogP contribution is 2.42. The molecule has 1 fully saturated rings. The Bertz CT molecular complexity index is 932. The second-order valence-electron chi connectivity index (χ2n) is 5.61. The predicted octanol–water partition coefficient (Wildman–Crippen LogP) is 3.00. The van der Waals surface area contributed by atoms with E-state index in [-0.39, 0.29) is 5.91 Å². The van der Waals surface area contributed by atoms with Gasteiger partial charge in [-0.25, -0.2) is 9.19 Å². The van der Waals surface area contributed by atoms with Crippen LogP contribution in [0.25, 0.3) is 10.2 Å². The van der Waals surface area contributed by atoms with Crippen LogP contribution in [-0.2, 0) is 11.1 Å². The molecule has 1 aliphatic carbocycles. The first-order chi connectivity index (χ1) is 11.6. The summed E-state index contributed by atoms with van der Waals surface area (Å²) in [6.45, 7) is 0. The van der Waals surface area contributed by atoms with Crippen LogP contribution in [0.2, 0.25) is 0 Å². The van der Waals surface area contributed by atoms with E-state index in [2.05, 4.69) is 20.6 Å². The molecule has 4 N–H and O–H groups in total. The minimum atomic E-state index is -1.90. The smallest absolute Gasteiger partial charge is 0.273 e. The van der Waals surface area contributed by atoms with Gasteiger partial charge in [-0.2, -0.15) is 0 Å². The number of nitrogens with zero attached hydrogens (tertiary/aromatic N) is 1. The van der Waals surface area contributed by atoms with Crippen molar-refractivity contribution in [2.45, 2.75) is 17.7 Å². The summed E-state index contributed by atoms with van der Waals surface area (Å²) in [7, 11) is 0. The molecule has 1 aliphatic rings. The zero-order chi connectivity index (χ0) is 16.7. The maximum atomic E-state index is 12.0. The fraction of sp³-hybridized carbons (Fsp3) is 0.200. The van der Waals surface area contributed by atoms with Crippen LogP contribution in [-0.4, -0.2) is 29.5 Å². The standard InChI is InChI=1S/C15H14N4O3S2/c20-13(11-2-1-7-16-11)18-14-17-10-4-3-9(8-12(10)23-14)19-15(5-6-15)24(21)22/h1-4,7-8,16,19H,5-6H2,(H,21,22)(H,17,18,20). The van der Waals surface area contributed by atoms with Crippen molar-refractivity contribution >= 4 is 49.4 Å². The van der Waals surface area contributed by atoms with Crippen molar-refractivity contribution in [3.63, 3.8) is 0 Å². The topological polar surface area (TPSA) is 107 Å². The Kier molecular flexibility index (Phi) is 3.63. The number of carbonyl (C=O) groups excluding carboxylic acids is 1. The normalized spacial score (nSPS) is 16.7. The second kappa shape index (κ2) is 5.69. The van der Waals surface area contributed by atoms with Crippen LogP contribution < -0.4 is 10.6 Å². The number of thiazole rings is 1. The summed E-state index contributed by atoms with van der Waals surface area (Å²) in [5.74, 6) is -0.245. The molecule has 2 heterocycles. The molecule has 1 unspecified atom stereocenters. The fourth-order valence-electron chi connectivity index (χ4n) is 2.41. The lowest BCUT2D eigenvalue weighted by Gasteiger charge is -2.14. The molecule has 0 bridgehead atoms. The van der Waals surface area contributed by atoms with E-state index in [9.17, 15) is 13.6 Å². The number of aromatic nitrogens is 2. The molecule has 9 heteroatoms. The zero-order valence-electron chi connectivity index (χ0n) is 12.4. The van der Waals surface area contributed by atoms with Crippen molar-refractivity contribution in [1.82, 2.24) is 9.97 Å². The van der Waals surface area contributed by atoms with E-state index in [1.807, 2.05) is 18.2 Å². The first-order valence-corrected chi connectivity index (χ1v) is 9.23. The second-order valence-corrected chi connectivity index (χ2v) is 7.92. The molecule has 0 saturated heterocycles. The SMILES string of the molecule is O=C(Nc1nc2ccc(NC3(S(=O)O)CC3)cc2s1)c1ccc[nH]1. The molecule has 3 aromatic rings. The molecule has 0 aliphatic heterocycles. The van der Waals surface area contributed by atoms with Crippen molar-refractivity contribution in [1.29, 1.82) is 0 Å². The van der Waals surface area contributed by atoms with E-state index in [0.717, 1.165) is 15.9 Å². The van der Waals surface area contributed by atoms with Crippen LogP contribution in [0.1, 0.15) is 23.3 Å². The quantitative estimate of drug-likeness (QED) is 0.522. The number of rotatable bonds is 5. The molecule has 1 saturated carbocycles. The molecule has 1 atom stereocenters. The lowest BCUT2D eigenvalue weighted by Crippen LogP contribution is -2.26. The summed E-state index contributed by atoms with van der Waals surface area (Å²) in [4.78, 5) is 18.6. The van der Waals surface area contributed by atoms with Gasteiger partial charge in [0.25, 0.3) is 5.91 Å². The molecule has 24 heavy (non-hydrogen) atoms. The van der Waals surface area contributed by atoms with Crippen LogP contribution in [0.3, 0.4) is 0 Å². The van der Waals surface area contributed by atoms with Gasteiger partial charge in [-0.05, 0) is 43.2 Å². The van der Waals surface area contributed by atoms with Crippen LogP contribution in [0.15, 0.2) is 36.5 Å². The summed E-state index contributed by atoms with van der Waals surface area (Å²) in [5, 5.41) is 6.40. The van der Waals surface area contributed by atoms with Gasteiger partial charge >= 0.3 is 0 Å². The number of carbonyl (C=O) groups is 1. The van der Waals surface area contributed by atoms with Crippen LogP contribution in [0, 0.1) is 0 Å². The number of hydrogen-bond acceptors (Lipinski definition) is 5. The van der Waals surface area contributed by atoms with E-state index in [4.69, 9.17) is 0 Å². The minimum absolute atomic E-state index is 0.245. The van der Waals surface area contributed by atoms with Gasteiger partial charge in [0.15, 0.2) is 16.2 Å². The van der Waals surface area contributed by atoms with Crippen molar-refractivity contribution in [3.05, 3.63) is 42.2 Å². The number of nitrogens with one attached hydrogen (secondary N) is 3.